The first-order chi connectivity index (χ1) is 10.6. The third-order valence-corrected chi connectivity index (χ3v) is 5.45. The van der Waals surface area contributed by atoms with E-state index in [1.54, 1.807) is 11.3 Å². The standard InChI is InChI=1S/C17H16N2OS2/c1-11-12(2)21-10-15(11)16(20)19-17-18-9-14(22-17)8-13-6-4-3-5-7-13/h3-7,9-10H,8H2,1-2H3,(H,18,19,20). The normalized spacial score (nSPS) is 10.6. The van der Waals surface area contributed by atoms with Gasteiger partial charge in [0.2, 0.25) is 0 Å². The second kappa shape index (κ2) is 6.42. The van der Waals surface area contributed by atoms with Gasteiger partial charge in [0.05, 0.1) is 5.56 Å². The van der Waals surface area contributed by atoms with Gasteiger partial charge in [0.1, 0.15) is 0 Å². The number of anilines is 1. The number of thiophene rings is 1. The average Bonchev–Trinajstić information content (AvgIpc) is 3.08. The highest BCUT2D eigenvalue weighted by molar-refractivity contribution is 7.15. The Morgan fingerprint density at radius 3 is 2.68 bits per heavy atom. The topological polar surface area (TPSA) is 42.0 Å². The van der Waals surface area contributed by atoms with E-state index in [4.69, 9.17) is 0 Å². The number of aromatic nitrogens is 1. The zero-order valence-electron chi connectivity index (χ0n) is 12.4. The molecule has 3 rings (SSSR count). The number of thiazole rings is 1. The summed E-state index contributed by atoms with van der Waals surface area (Å²) in [5.74, 6) is -0.0811. The molecule has 3 aromatic rings. The third kappa shape index (κ3) is 3.26. The van der Waals surface area contributed by atoms with Gasteiger partial charge in [0.25, 0.3) is 5.91 Å². The van der Waals surface area contributed by atoms with Crippen molar-refractivity contribution in [2.24, 2.45) is 0 Å². The van der Waals surface area contributed by atoms with Crippen molar-refractivity contribution in [1.82, 2.24) is 4.98 Å². The largest absolute Gasteiger partial charge is 0.298 e. The summed E-state index contributed by atoms with van der Waals surface area (Å²) in [4.78, 5) is 18.9. The van der Waals surface area contributed by atoms with Crippen molar-refractivity contribution >= 4 is 33.7 Å². The van der Waals surface area contributed by atoms with Gasteiger partial charge in [-0.3, -0.25) is 10.1 Å². The van der Waals surface area contributed by atoms with Crippen molar-refractivity contribution in [3.63, 3.8) is 0 Å². The number of aryl methyl sites for hydroxylation is 1. The van der Waals surface area contributed by atoms with Crippen molar-refractivity contribution in [3.05, 3.63) is 68.4 Å². The second-order valence-electron chi connectivity index (χ2n) is 5.08. The minimum atomic E-state index is -0.0811. The summed E-state index contributed by atoms with van der Waals surface area (Å²) in [5.41, 5.74) is 3.03. The summed E-state index contributed by atoms with van der Waals surface area (Å²) in [6.07, 6.45) is 2.67. The Bertz CT molecular complexity index is 790. The van der Waals surface area contributed by atoms with E-state index < -0.39 is 0 Å². The lowest BCUT2D eigenvalue weighted by molar-refractivity contribution is 0.102. The van der Waals surface area contributed by atoms with Gasteiger partial charge >= 0.3 is 0 Å². The predicted octanol–water partition coefficient (Wildman–Crippen LogP) is 4.66. The predicted molar refractivity (Wildman–Crippen MR) is 93.1 cm³/mol. The fourth-order valence-electron chi connectivity index (χ4n) is 2.15. The highest BCUT2D eigenvalue weighted by Crippen LogP contribution is 2.24. The van der Waals surface area contributed by atoms with E-state index in [0.29, 0.717) is 5.13 Å². The highest BCUT2D eigenvalue weighted by Gasteiger charge is 2.14. The first-order valence-electron chi connectivity index (χ1n) is 6.98. The number of carbonyl (C=O) groups excluding carboxylic acids is 1. The van der Waals surface area contributed by atoms with E-state index in [0.717, 1.165) is 22.4 Å². The number of hydrogen-bond donors (Lipinski definition) is 1. The first kappa shape index (κ1) is 14.9. The summed E-state index contributed by atoms with van der Waals surface area (Å²) < 4.78 is 0. The van der Waals surface area contributed by atoms with Crippen LogP contribution >= 0.6 is 22.7 Å². The Morgan fingerprint density at radius 1 is 1.23 bits per heavy atom. The van der Waals surface area contributed by atoms with E-state index in [1.165, 1.54) is 21.8 Å². The zero-order valence-corrected chi connectivity index (χ0v) is 14.1. The zero-order chi connectivity index (χ0) is 15.5. The van der Waals surface area contributed by atoms with Gasteiger partial charge in [0, 0.05) is 27.8 Å². The maximum Gasteiger partial charge on any atom is 0.258 e. The molecule has 1 N–H and O–H groups in total. The summed E-state index contributed by atoms with van der Waals surface area (Å²) >= 11 is 3.12. The van der Waals surface area contributed by atoms with Gasteiger partial charge in [0.15, 0.2) is 5.13 Å². The molecular weight excluding hydrogens is 312 g/mol. The molecule has 2 heterocycles. The molecule has 0 saturated heterocycles. The summed E-state index contributed by atoms with van der Waals surface area (Å²) in [6, 6.07) is 10.2. The smallest absolute Gasteiger partial charge is 0.258 e. The maximum atomic E-state index is 12.3. The number of benzene rings is 1. The number of nitrogens with zero attached hydrogens (tertiary/aromatic N) is 1. The van der Waals surface area contributed by atoms with Crippen LogP contribution in [0.4, 0.5) is 5.13 Å². The minimum absolute atomic E-state index is 0.0811. The number of nitrogens with one attached hydrogen (secondary N) is 1. The van der Waals surface area contributed by atoms with E-state index >= 15 is 0 Å². The average molecular weight is 328 g/mol. The number of hydrogen-bond acceptors (Lipinski definition) is 4. The Labute approximate surface area is 137 Å². The number of rotatable bonds is 4. The fourth-order valence-corrected chi connectivity index (χ4v) is 3.85. The van der Waals surface area contributed by atoms with Crippen LogP contribution in [0.2, 0.25) is 0 Å². The van der Waals surface area contributed by atoms with Gasteiger partial charge in [-0.05, 0) is 25.0 Å². The fraction of sp³-hybridized carbons (Fsp3) is 0.176. The van der Waals surface area contributed by atoms with Crippen LogP contribution in [0.3, 0.4) is 0 Å². The van der Waals surface area contributed by atoms with E-state index in [2.05, 4.69) is 22.4 Å². The van der Waals surface area contributed by atoms with Crippen LogP contribution in [0.1, 0.15) is 31.2 Å². The molecule has 1 aromatic carbocycles. The van der Waals surface area contributed by atoms with Crippen LogP contribution in [-0.4, -0.2) is 10.9 Å². The summed E-state index contributed by atoms with van der Waals surface area (Å²) in [6.45, 7) is 4.00. The molecule has 3 nitrogen and oxygen atoms in total. The van der Waals surface area contributed by atoms with Gasteiger partial charge < -0.3 is 0 Å². The van der Waals surface area contributed by atoms with Crippen LogP contribution in [0.5, 0.6) is 0 Å². The molecule has 2 aromatic heterocycles. The van der Waals surface area contributed by atoms with Gasteiger partial charge in [-0.25, -0.2) is 4.98 Å². The molecule has 0 atom stereocenters. The van der Waals surface area contributed by atoms with Crippen molar-refractivity contribution in [2.45, 2.75) is 20.3 Å². The Hall–Kier alpha value is -1.98. The lowest BCUT2D eigenvalue weighted by atomic mass is 10.1. The van der Waals surface area contributed by atoms with Gasteiger partial charge in [-0.15, -0.1) is 22.7 Å². The third-order valence-electron chi connectivity index (χ3n) is 3.53. The lowest BCUT2D eigenvalue weighted by Crippen LogP contribution is -2.11. The first-order valence-corrected chi connectivity index (χ1v) is 8.68. The van der Waals surface area contributed by atoms with E-state index in [9.17, 15) is 4.79 Å². The van der Waals surface area contributed by atoms with Crippen molar-refractivity contribution in [2.75, 3.05) is 5.32 Å². The highest BCUT2D eigenvalue weighted by atomic mass is 32.1. The molecule has 0 aliphatic carbocycles. The number of carbonyl (C=O) groups is 1. The van der Waals surface area contributed by atoms with Gasteiger partial charge in [-0.1, -0.05) is 30.3 Å². The molecule has 22 heavy (non-hydrogen) atoms. The molecule has 0 saturated carbocycles. The Balaban J connectivity index is 1.69. The molecule has 0 fully saturated rings. The molecular formula is C17H16N2OS2. The molecule has 0 spiro atoms. The summed E-state index contributed by atoms with van der Waals surface area (Å²) in [5, 5.41) is 5.45. The SMILES string of the molecule is Cc1scc(C(=O)Nc2ncc(Cc3ccccc3)s2)c1C. The Morgan fingerprint density at radius 2 is 2.00 bits per heavy atom. The molecule has 5 heteroatoms. The van der Waals surface area contributed by atoms with Crippen LogP contribution in [0, 0.1) is 13.8 Å². The monoisotopic (exact) mass is 328 g/mol. The molecule has 0 aliphatic heterocycles. The van der Waals surface area contributed by atoms with Crippen molar-refractivity contribution in [1.29, 1.82) is 0 Å². The van der Waals surface area contributed by atoms with Crippen LogP contribution in [-0.2, 0) is 6.42 Å². The maximum absolute atomic E-state index is 12.3. The molecule has 0 radical (unpaired) electrons. The second-order valence-corrected chi connectivity index (χ2v) is 7.28. The minimum Gasteiger partial charge on any atom is -0.298 e. The van der Waals surface area contributed by atoms with E-state index in [-0.39, 0.29) is 5.91 Å². The van der Waals surface area contributed by atoms with Crippen molar-refractivity contribution < 1.29 is 4.79 Å². The number of amides is 1. The van der Waals surface area contributed by atoms with Crippen LogP contribution < -0.4 is 5.32 Å². The molecule has 112 valence electrons. The summed E-state index contributed by atoms with van der Waals surface area (Å²) in [7, 11) is 0. The van der Waals surface area contributed by atoms with Crippen LogP contribution in [0.25, 0.3) is 0 Å². The lowest BCUT2D eigenvalue weighted by Gasteiger charge is -2.01. The molecule has 0 aliphatic rings. The quantitative estimate of drug-likeness (QED) is 0.756. The van der Waals surface area contributed by atoms with E-state index in [1.807, 2.05) is 43.6 Å². The molecule has 0 unspecified atom stereocenters. The molecule has 1 amide bonds. The van der Waals surface area contributed by atoms with Gasteiger partial charge in [-0.2, -0.15) is 0 Å². The Kier molecular flexibility index (Phi) is 4.36. The van der Waals surface area contributed by atoms with Crippen LogP contribution in [0.15, 0.2) is 41.9 Å². The van der Waals surface area contributed by atoms with Crippen molar-refractivity contribution in [3.8, 4) is 0 Å². The molecule has 0 bridgehead atoms.